The van der Waals surface area contributed by atoms with E-state index in [1.54, 1.807) is 0 Å². The Morgan fingerprint density at radius 2 is 1.83 bits per heavy atom. The Labute approximate surface area is 73.9 Å². The Morgan fingerprint density at radius 1 is 1.08 bits per heavy atom. The minimum absolute atomic E-state index is 0.171. The van der Waals surface area contributed by atoms with Crippen molar-refractivity contribution in [3.8, 4) is 0 Å². The zero-order valence-corrected chi connectivity index (χ0v) is 7.50. The molecule has 1 heterocycles. The van der Waals surface area contributed by atoms with Gasteiger partial charge in [0.15, 0.2) is 0 Å². The molecule has 0 amide bonds. The first kappa shape index (κ1) is 8.48. The molecule has 3 heteroatoms. The fourth-order valence-electron chi connectivity index (χ4n) is 2.61. The van der Waals surface area contributed by atoms with Crippen LogP contribution in [0.15, 0.2) is 0 Å². The number of piperidine rings is 1. The summed E-state index contributed by atoms with van der Waals surface area (Å²) in [4.78, 5) is 0. The van der Waals surface area contributed by atoms with Gasteiger partial charge < -0.3 is 16.8 Å². The van der Waals surface area contributed by atoms with Crippen LogP contribution in [-0.2, 0) is 0 Å². The van der Waals surface area contributed by atoms with Crippen LogP contribution in [0, 0.1) is 5.92 Å². The Bertz CT molecular complexity index is 158. The maximum atomic E-state index is 6.07. The summed E-state index contributed by atoms with van der Waals surface area (Å²) in [5, 5.41) is 3.50. The molecule has 0 radical (unpaired) electrons. The molecule has 0 aromatic carbocycles. The van der Waals surface area contributed by atoms with Gasteiger partial charge in [-0.1, -0.05) is 12.8 Å². The molecule has 1 aliphatic heterocycles. The largest absolute Gasteiger partial charge is 0.326 e. The summed E-state index contributed by atoms with van der Waals surface area (Å²) in [6.07, 6.45) is 5.26. The molecule has 12 heavy (non-hydrogen) atoms. The molecule has 70 valence electrons. The Balaban J connectivity index is 2.03. The molecule has 4 unspecified atom stereocenters. The van der Waals surface area contributed by atoms with Crippen molar-refractivity contribution in [3.63, 3.8) is 0 Å². The van der Waals surface area contributed by atoms with Gasteiger partial charge in [-0.25, -0.2) is 0 Å². The van der Waals surface area contributed by atoms with Gasteiger partial charge in [0.25, 0.3) is 0 Å². The highest BCUT2D eigenvalue weighted by Gasteiger charge is 2.36. The third-order valence-electron chi connectivity index (χ3n) is 3.42. The summed E-state index contributed by atoms with van der Waals surface area (Å²) < 4.78 is 0. The molecule has 5 N–H and O–H groups in total. The standard InChI is InChI=1S/C9H19N3/c10-7-5-12-8-4-2-1-3-6(8)9(7)11/h6-9,12H,1-5,10-11H2. The van der Waals surface area contributed by atoms with Gasteiger partial charge in [-0.2, -0.15) is 0 Å². The smallest absolute Gasteiger partial charge is 0.0322 e. The lowest BCUT2D eigenvalue weighted by Crippen LogP contribution is -2.63. The number of fused-ring (bicyclic) bond motifs is 1. The fourth-order valence-corrected chi connectivity index (χ4v) is 2.61. The zero-order valence-electron chi connectivity index (χ0n) is 7.50. The van der Waals surface area contributed by atoms with E-state index in [9.17, 15) is 0 Å². The molecular formula is C9H19N3. The average Bonchev–Trinajstić information content (AvgIpc) is 2.12. The number of rotatable bonds is 0. The van der Waals surface area contributed by atoms with E-state index in [0.717, 1.165) is 6.54 Å². The highest BCUT2D eigenvalue weighted by atomic mass is 15.0. The van der Waals surface area contributed by atoms with Crippen LogP contribution in [0.2, 0.25) is 0 Å². The van der Waals surface area contributed by atoms with E-state index in [4.69, 9.17) is 11.5 Å². The van der Waals surface area contributed by atoms with Crippen molar-refractivity contribution in [3.05, 3.63) is 0 Å². The third-order valence-corrected chi connectivity index (χ3v) is 3.42. The quantitative estimate of drug-likeness (QED) is 0.470. The van der Waals surface area contributed by atoms with Crippen LogP contribution in [0.1, 0.15) is 25.7 Å². The number of hydrogen-bond donors (Lipinski definition) is 3. The van der Waals surface area contributed by atoms with Gasteiger partial charge in [-0.05, 0) is 18.8 Å². The summed E-state index contributed by atoms with van der Waals surface area (Å²) in [5.41, 5.74) is 12.0. The molecule has 1 saturated carbocycles. The predicted molar refractivity (Wildman–Crippen MR) is 49.7 cm³/mol. The van der Waals surface area contributed by atoms with Gasteiger partial charge in [0.1, 0.15) is 0 Å². The number of nitrogens with one attached hydrogen (secondary N) is 1. The van der Waals surface area contributed by atoms with Crippen LogP contribution in [0.25, 0.3) is 0 Å². The van der Waals surface area contributed by atoms with Crippen molar-refractivity contribution in [1.82, 2.24) is 5.32 Å². The second-order valence-corrected chi connectivity index (χ2v) is 4.20. The molecule has 1 saturated heterocycles. The molecule has 4 atom stereocenters. The summed E-state index contributed by atoms with van der Waals surface area (Å²) in [5.74, 6) is 0.641. The van der Waals surface area contributed by atoms with Gasteiger partial charge in [0.05, 0.1) is 0 Å². The topological polar surface area (TPSA) is 64.1 Å². The zero-order chi connectivity index (χ0) is 8.55. The number of hydrogen-bond acceptors (Lipinski definition) is 3. The van der Waals surface area contributed by atoms with Gasteiger partial charge in [0.2, 0.25) is 0 Å². The highest BCUT2D eigenvalue weighted by molar-refractivity contribution is 4.97. The molecule has 1 aliphatic carbocycles. The van der Waals surface area contributed by atoms with Crippen molar-refractivity contribution < 1.29 is 0 Å². The molecule has 2 rings (SSSR count). The number of nitrogens with two attached hydrogens (primary N) is 2. The molecular weight excluding hydrogens is 150 g/mol. The molecule has 2 fully saturated rings. The maximum absolute atomic E-state index is 6.07. The van der Waals surface area contributed by atoms with E-state index in [1.165, 1.54) is 25.7 Å². The lowest BCUT2D eigenvalue weighted by atomic mass is 9.75. The van der Waals surface area contributed by atoms with Crippen LogP contribution in [0.4, 0.5) is 0 Å². The molecule has 0 aromatic heterocycles. The first-order valence-electron chi connectivity index (χ1n) is 5.03. The Kier molecular flexibility index (Phi) is 2.35. The lowest BCUT2D eigenvalue weighted by molar-refractivity contribution is 0.168. The van der Waals surface area contributed by atoms with Crippen LogP contribution in [0.3, 0.4) is 0 Å². The van der Waals surface area contributed by atoms with E-state index in [1.807, 2.05) is 0 Å². The summed E-state index contributed by atoms with van der Waals surface area (Å²) in [6, 6.07) is 1.06. The third kappa shape index (κ3) is 1.37. The Morgan fingerprint density at radius 3 is 2.67 bits per heavy atom. The molecule has 0 spiro atoms. The first-order chi connectivity index (χ1) is 5.79. The normalized spacial score (nSPS) is 48.5. The van der Waals surface area contributed by atoms with Crippen molar-refractivity contribution in [2.24, 2.45) is 17.4 Å². The lowest BCUT2D eigenvalue weighted by Gasteiger charge is -2.43. The second-order valence-electron chi connectivity index (χ2n) is 4.20. The van der Waals surface area contributed by atoms with Gasteiger partial charge >= 0.3 is 0 Å². The van der Waals surface area contributed by atoms with E-state index >= 15 is 0 Å². The highest BCUT2D eigenvalue weighted by Crippen LogP contribution is 2.29. The van der Waals surface area contributed by atoms with Gasteiger partial charge in [-0.3, -0.25) is 0 Å². The van der Waals surface area contributed by atoms with Gasteiger partial charge in [-0.15, -0.1) is 0 Å². The van der Waals surface area contributed by atoms with Crippen LogP contribution in [0.5, 0.6) is 0 Å². The monoisotopic (exact) mass is 169 g/mol. The van der Waals surface area contributed by atoms with E-state index < -0.39 is 0 Å². The van der Waals surface area contributed by atoms with Crippen LogP contribution < -0.4 is 16.8 Å². The van der Waals surface area contributed by atoms with E-state index in [-0.39, 0.29) is 12.1 Å². The van der Waals surface area contributed by atoms with E-state index in [2.05, 4.69) is 5.32 Å². The van der Waals surface area contributed by atoms with Crippen molar-refractivity contribution >= 4 is 0 Å². The van der Waals surface area contributed by atoms with Crippen LogP contribution >= 0.6 is 0 Å². The predicted octanol–water partition coefficient (Wildman–Crippen LogP) is -0.197. The molecule has 3 nitrogen and oxygen atoms in total. The molecule has 0 bridgehead atoms. The van der Waals surface area contributed by atoms with E-state index in [0.29, 0.717) is 12.0 Å². The molecule has 0 aromatic rings. The van der Waals surface area contributed by atoms with Crippen molar-refractivity contribution in [2.75, 3.05) is 6.54 Å². The molecule has 2 aliphatic rings. The Hall–Kier alpha value is -0.120. The maximum Gasteiger partial charge on any atom is 0.0322 e. The van der Waals surface area contributed by atoms with Crippen molar-refractivity contribution in [1.29, 1.82) is 0 Å². The summed E-state index contributed by atoms with van der Waals surface area (Å²) in [6.45, 7) is 0.905. The average molecular weight is 169 g/mol. The summed E-state index contributed by atoms with van der Waals surface area (Å²) >= 11 is 0. The minimum Gasteiger partial charge on any atom is -0.326 e. The second kappa shape index (κ2) is 3.32. The van der Waals surface area contributed by atoms with Crippen LogP contribution in [-0.4, -0.2) is 24.7 Å². The first-order valence-corrected chi connectivity index (χ1v) is 5.03. The SMILES string of the molecule is NC1CNC2CCCCC2C1N. The summed E-state index contributed by atoms with van der Waals surface area (Å²) in [7, 11) is 0. The van der Waals surface area contributed by atoms with Crippen molar-refractivity contribution in [2.45, 2.75) is 43.8 Å². The fraction of sp³-hybridized carbons (Fsp3) is 1.00. The van der Waals surface area contributed by atoms with Gasteiger partial charge in [0, 0.05) is 24.7 Å². The minimum atomic E-state index is 0.171.